The third-order valence-electron chi connectivity index (χ3n) is 3.93. The number of rotatable bonds is 2. The summed E-state index contributed by atoms with van der Waals surface area (Å²) < 4.78 is 19.5. The van der Waals surface area contributed by atoms with Gasteiger partial charge < -0.3 is 10.3 Å². The van der Waals surface area contributed by atoms with Gasteiger partial charge in [-0.1, -0.05) is 42.1 Å². The number of nitrogens with zero attached hydrogens (tertiary/aromatic N) is 1. The van der Waals surface area contributed by atoms with E-state index >= 15 is 0 Å². The number of halogens is 2. The van der Waals surface area contributed by atoms with Crippen molar-refractivity contribution >= 4 is 17.4 Å². The van der Waals surface area contributed by atoms with Crippen LogP contribution in [0.25, 0.3) is 11.1 Å². The molecule has 3 nitrogen and oxygen atoms in total. The first-order chi connectivity index (χ1) is 9.68. The second-order valence-electron chi connectivity index (χ2n) is 5.24. The van der Waals surface area contributed by atoms with Crippen molar-refractivity contribution in [1.82, 2.24) is 5.16 Å². The maximum atomic E-state index is 14.1. The minimum Gasteiger partial charge on any atom is -0.380 e. The van der Waals surface area contributed by atoms with Crippen molar-refractivity contribution in [2.45, 2.75) is 38.0 Å². The topological polar surface area (TPSA) is 52.0 Å². The molecule has 0 atom stereocenters. The maximum absolute atomic E-state index is 14.1. The Bertz CT molecular complexity index is 600. The van der Waals surface area contributed by atoms with Gasteiger partial charge in [0.1, 0.15) is 11.6 Å². The summed E-state index contributed by atoms with van der Waals surface area (Å²) >= 11 is 6.14. The summed E-state index contributed by atoms with van der Waals surface area (Å²) in [6.45, 7) is 0. The average Bonchev–Trinajstić information content (AvgIpc) is 2.82. The fourth-order valence-electron chi connectivity index (χ4n) is 2.95. The second-order valence-corrected chi connectivity index (χ2v) is 5.65. The van der Waals surface area contributed by atoms with Crippen LogP contribution < -0.4 is 5.73 Å². The van der Waals surface area contributed by atoms with Crippen LogP contribution in [-0.2, 0) is 0 Å². The maximum Gasteiger partial charge on any atom is 0.175 e. The number of hydrogen-bond acceptors (Lipinski definition) is 3. The van der Waals surface area contributed by atoms with E-state index in [1.165, 1.54) is 12.5 Å². The lowest BCUT2D eigenvalue weighted by Crippen LogP contribution is -2.05. The highest BCUT2D eigenvalue weighted by Crippen LogP contribution is 2.43. The van der Waals surface area contributed by atoms with E-state index in [2.05, 4.69) is 5.16 Å². The molecule has 0 amide bonds. The highest BCUT2D eigenvalue weighted by Gasteiger charge is 2.28. The lowest BCUT2D eigenvalue weighted by atomic mass is 9.85. The summed E-state index contributed by atoms with van der Waals surface area (Å²) in [6.07, 6.45) is 5.57. The van der Waals surface area contributed by atoms with Crippen LogP contribution in [0.5, 0.6) is 0 Å². The quantitative estimate of drug-likeness (QED) is 0.868. The highest BCUT2D eigenvalue weighted by molar-refractivity contribution is 6.33. The first-order valence-electron chi connectivity index (χ1n) is 6.88. The standard InChI is InChI=1S/C15H16ClFN2O/c16-10-7-4-8-11(17)12(10)13-14(20-19-15(13)18)9-5-2-1-3-6-9/h4,7-9H,1-3,5-6H2,(H2,18,19). The van der Waals surface area contributed by atoms with Gasteiger partial charge in [-0.05, 0) is 25.0 Å². The number of hydrogen-bond donors (Lipinski definition) is 1. The van der Waals surface area contributed by atoms with Crippen molar-refractivity contribution in [3.63, 3.8) is 0 Å². The van der Waals surface area contributed by atoms with E-state index in [0.717, 1.165) is 25.7 Å². The fourth-order valence-corrected chi connectivity index (χ4v) is 3.20. The van der Waals surface area contributed by atoms with Crippen molar-refractivity contribution in [3.05, 3.63) is 34.8 Å². The molecule has 1 aromatic heterocycles. The van der Waals surface area contributed by atoms with Crippen LogP contribution in [0.15, 0.2) is 22.7 Å². The Morgan fingerprint density at radius 2 is 1.95 bits per heavy atom. The van der Waals surface area contributed by atoms with Crippen LogP contribution in [0, 0.1) is 5.82 Å². The summed E-state index contributed by atoms with van der Waals surface area (Å²) in [5.74, 6) is 0.732. The van der Waals surface area contributed by atoms with Crippen molar-refractivity contribution in [3.8, 4) is 11.1 Å². The van der Waals surface area contributed by atoms with E-state index < -0.39 is 5.82 Å². The van der Waals surface area contributed by atoms with Gasteiger partial charge in [0.2, 0.25) is 0 Å². The van der Waals surface area contributed by atoms with Gasteiger partial charge in [0.05, 0.1) is 10.6 Å². The Kier molecular flexibility index (Phi) is 3.66. The molecule has 1 fully saturated rings. The zero-order valence-corrected chi connectivity index (χ0v) is 11.8. The summed E-state index contributed by atoms with van der Waals surface area (Å²) in [5.41, 5.74) is 6.71. The molecule has 0 aliphatic heterocycles. The van der Waals surface area contributed by atoms with Gasteiger partial charge in [-0.15, -0.1) is 0 Å². The van der Waals surface area contributed by atoms with E-state index in [0.29, 0.717) is 21.9 Å². The predicted molar refractivity (Wildman–Crippen MR) is 77.1 cm³/mol. The van der Waals surface area contributed by atoms with Crippen LogP contribution in [-0.4, -0.2) is 5.16 Å². The molecule has 2 aromatic rings. The van der Waals surface area contributed by atoms with Crippen LogP contribution >= 0.6 is 11.6 Å². The molecule has 0 saturated heterocycles. The zero-order chi connectivity index (χ0) is 14.1. The predicted octanol–water partition coefficient (Wildman–Crippen LogP) is 4.76. The molecule has 20 heavy (non-hydrogen) atoms. The molecule has 106 valence electrons. The second kappa shape index (κ2) is 5.44. The fraction of sp³-hybridized carbons (Fsp3) is 0.400. The molecule has 0 bridgehead atoms. The third kappa shape index (κ3) is 2.29. The SMILES string of the molecule is Nc1noc(C2CCCCC2)c1-c1c(F)cccc1Cl. The molecule has 3 rings (SSSR count). The Hall–Kier alpha value is -1.55. The van der Waals surface area contributed by atoms with Crippen LogP contribution in [0.2, 0.25) is 5.02 Å². The Morgan fingerprint density at radius 3 is 2.65 bits per heavy atom. The van der Waals surface area contributed by atoms with Crippen LogP contribution in [0.1, 0.15) is 43.8 Å². The first-order valence-corrected chi connectivity index (χ1v) is 7.25. The molecule has 1 aromatic carbocycles. The van der Waals surface area contributed by atoms with Crippen molar-refractivity contribution < 1.29 is 8.91 Å². The Morgan fingerprint density at radius 1 is 1.20 bits per heavy atom. The molecular weight excluding hydrogens is 279 g/mol. The minimum atomic E-state index is -0.399. The average molecular weight is 295 g/mol. The lowest BCUT2D eigenvalue weighted by molar-refractivity contribution is 0.323. The van der Waals surface area contributed by atoms with Gasteiger partial charge in [0.15, 0.2) is 5.82 Å². The molecule has 0 spiro atoms. The smallest absolute Gasteiger partial charge is 0.175 e. The van der Waals surface area contributed by atoms with E-state index in [-0.39, 0.29) is 11.7 Å². The monoisotopic (exact) mass is 294 g/mol. The summed E-state index contributed by atoms with van der Waals surface area (Å²) in [6, 6.07) is 4.60. The molecule has 2 N–H and O–H groups in total. The molecule has 0 radical (unpaired) electrons. The van der Waals surface area contributed by atoms with Gasteiger partial charge in [-0.25, -0.2) is 4.39 Å². The van der Waals surface area contributed by atoms with E-state index in [4.69, 9.17) is 21.9 Å². The van der Waals surface area contributed by atoms with Crippen molar-refractivity contribution in [1.29, 1.82) is 0 Å². The number of nitrogen functional groups attached to an aromatic ring is 1. The Balaban J connectivity index is 2.11. The van der Waals surface area contributed by atoms with Crippen molar-refractivity contribution in [2.75, 3.05) is 5.73 Å². The number of benzene rings is 1. The van der Waals surface area contributed by atoms with Crippen molar-refractivity contribution in [2.24, 2.45) is 0 Å². The summed E-state index contributed by atoms with van der Waals surface area (Å²) in [5, 5.41) is 4.16. The lowest BCUT2D eigenvalue weighted by Gasteiger charge is -2.20. The van der Waals surface area contributed by atoms with E-state index in [9.17, 15) is 4.39 Å². The van der Waals surface area contributed by atoms with E-state index in [1.54, 1.807) is 12.1 Å². The molecule has 1 aliphatic carbocycles. The van der Waals surface area contributed by atoms with Gasteiger partial charge in [-0.3, -0.25) is 0 Å². The highest BCUT2D eigenvalue weighted by atomic mass is 35.5. The molecule has 1 saturated carbocycles. The van der Waals surface area contributed by atoms with Crippen LogP contribution in [0.4, 0.5) is 10.2 Å². The van der Waals surface area contributed by atoms with Crippen LogP contribution in [0.3, 0.4) is 0 Å². The van der Waals surface area contributed by atoms with Gasteiger partial charge in [-0.2, -0.15) is 0 Å². The first kappa shape index (κ1) is 13.4. The molecule has 1 heterocycles. The zero-order valence-electron chi connectivity index (χ0n) is 11.0. The minimum absolute atomic E-state index is 0.206. The molecule has 1 aliphatic rings. The van der Waals surface area contributed by atoms with Gasteiger partial charge >= 0.3 is 0 Å². The molecule has 0 unspecified atom stereocenters. The van der Waals surface area contributed by atoms with Gasteiger partial charge in [0.25, 0.3) is 0 Å². The number of aromatic nitrogens is 1. The summed E-state index contributed by atoms with van der Waals surface area (Å²) in [7, 11) is 0. The Labute approximate surface area is 121 Å². The molecular formula is C15H16ClFN2O. The third-order valence-corrected chi connectivity index (χ3v) is 4.25. The summed E-state index contributed by atoms with van der Waals surface area (Å²) in [4.78, 5) is 0. The largest absolute Gasteiger partial charge is 0.380 e. The number of nitrogens with two attached hydrogens (primary N) is 1. The normalized spacial score (nSPS) is 16.5. The van der Waals surface area contributed by atoms with E-state index in [1.807, 2.05) is 0 Å². The van der Waals surface area contributed by atoms with Gasteiger partial charge in [0, 0.05) is 11.5 Å². The molecule has 5 heteroatoms. The number of anilines is 1.